The van der Waals surface area contributed by atoms with Crippen molar-refractivity contribution >= 4 is 8.80 Å². The lowest BCUT2D eigenvalue weighted by Gasteiger charge is -2.28. The Morgan fingerprint density at radius 1 is 0.565 bits per heavy atom. The quantitative estimate of drug-likeness (QED) is 0.252. The predicted molar refractivity (Wildman–Crippen MR) is 98.9 cm³/mol. The van der Waals surface area contributed by atoms with E-state index >= 15 is 0 Å². The second-order valence-electron chi connectivity index (χ2n) is 5.82. The van der Waals surface area contributed by atoms with Crippen LogP contribution in [0.4, 0.5) is 0 Å². The highest BCUT2D eigenvalue weighted by atomic mass is 28.4. The Labute approximate surface area is 145 Å². The van der Waals surface area contributed by atoms with E-state index in [2.05, 4.69) is 6.92 Å². The highest BCUT2D eigenvalue weighted by Gasteiger charge is 2.39. The third-order valence-corrected chi connectivity index (χ3v) is 6.91. The van der Waals surface area contributed by atoms with Gasteiger partial charge in [0.05, 0.1) is 0 Å². The third kappa shape index (κ3) is 13.1. The Morgan fingerprint density at radius 2 is 1.04 bits per heavy atom. The molecule has 0 heterocycles. The average Bonchev–Trinajstić information content (AvgIpc) is 2.53. The number of ether oxygens (including phenoxy) is 1. The molecule has 0 rings (SSSR count). The van der Waals surface area contributed by atoms with Crippen molar-refractivity contribution in [3.8, 4) is 0 Å². The van der Waals surface area contributed by atoms with Crippen LogP contribution in [0.15, 0.2) is 0 Å². The first kappa shape index (κ1) is 23.1. The van der Waals surface area contributed by atoms with Gasteiger partial charge in [-0.1, -0.05) is 39.0 Å². The van der Waals surface area contributed by atoms with Crippen molar-refractivity contribution < 1.29 is 18.0 Å². The van der Waals surface area contributed by atoms with Gasteiger partial charge in [0.15, 0.2) is 0 Å². The maximum atomic E-state index is 5.88. The molecule has 23 heavy (non-hydrogen) atoms. The first-order chi connectivity index (χ1) is 11.2. The molecule has 0 aromatic rings. The summed E-state index contributed by atoms with van der Waals surface area (Å²) >= 11 is 0. The smallest absolute Gasteiger partial charge is 0.381 e. The van der Waals surface area contributed by atoms with E-state index in [1.165, 1.54) is 44.9 Å². The molecule has 0 aliphatic heterocycles. The molecule has 0 amide bonds. The molecule has 0 radical (unpaired) electrons. The molecule has 0 fully saturated rings. The topological polar surface area (TPSA) is 36.9 Å². The van der Waals surface area contributed by atoms with Crippen molar-refractivity contribution in [1.82, 2.24) is 0 Å². The van der Waals surface area contributed by atoms with Crippen LogP contribution in [-0.4, -0.2) is 41.8 Å². The highest BCUT2D eigenvalue weighted by molar-refractivity contribution is 6.60. The van der Waals surface area contributed by atoms with Gasteiger partial charge in [-0.25, -0.2) is 0 Å². The monoisotopic (exact) mass is 348 g/mol. The van der Waals surface area contributed by atoms with E-state index in [4.69, 9.17) is 18.0 Å². The molecular formula is C18H40O4Si. The molecule has 0 bridgehead atoms. The lowest BCUT2D eigenvalue weighted by atomic mass is 10.1. The Hall–Kier alpha value is 0.0569. The molecule has 0 spiro atoms. The zero-order valence-electron chi connectivity index (χ0n) is 16.0. The largest absolute Gasteiger partial charge is 0.500 e. The molecule has 0 atom stereocenters. The third-order valence-electron chi connectivity index (χ3n) is 3.76. The Balaban J connectivity index is 3.65. The van der Waals surface area contributed by atoms with E-state index in [1.807, 2.05) is 20.8 Å². The van der Waals surface area contributed by atoms with Gasteiger partial charge >= 0.3 is 8.80 Å². The summed E-state index contributed by atoms with van der Waals surface area (Å²) in [4.78, 5) is 0. The first-order valence-electron chi connectivity index (χ1n) is 9.74. The van der Waals surface area contributed by atoms with Crippen molar-refractivity contribution in [3.63, 3.8) is 0 Å². The lowest BCUT2D eigenvalue weighted by molar-refractivity contribution is 0.0706. The minimum absolute atomic E-state index is 0.671. The fourth-order valence-corrected chi connectivity index (χ4v) is 5.29. The SMILES string of the molecule is CCCCOCCCCCCCC[Si](OCC)(OCC)OCC. The summed E-state index contributed by atoms with van der Waals surface area (Å²) in [6, 6.07) is 0.947. The first-order valence-corrected chi connectivity index (χ1v) is 11.7. The van der Waals surface area contributed by atoms with Crippen LogP contribution in [0.2, 0.25) is 6.04 Å². The summed E-state index contributed by atoms with van der Waals surface area (Å²) in [6.45, 7) is 12.1. The van der Waals surface area contributed by atoms with Gasteiger partial charge in [0.2, 0.25) is 0 Å². The number of hydrogen-bond acceptors (Lipinski definition) is 4. The average molecular weight is 349 g/mol. The molecule has 5 heteroatoms. The zero-order chi connectivity index (χ0) is 17.2. The van der Waals surface area contributed by atoms with Crippen molar-refractivity contribution in [1.29, 1.82) is 0 Å². The number of rotatable bonds is 18. The maximum absolute atomic E-state index is 5.88. The second kappa shape index (κ2) is 16.9. The van der Waals surface area contributed by atoms with Gasteiger partial charge < -0.3 is 18.0 Å². The molecule has 0 unspecified atom stereocenters. The summed E-state index contributed by atoms with van der Waals surface area (Å²) in [5.74, 6) is 0. The lowest BCUT2D eigenvalue weighted by Crippen LogP contribution is -2.45. The van der Waals surface area contributed by atoms with Crippen LogP contribution in [0.3, 0.4) is 0 Å². The second-order valence-corrected chi connectivity index (χ2v) is 8.55. The van der Waals surface area contributed by atoms with E-state index < -0.39 is 8.80 Å². The summed E-state index contributed by atoms with van der Waals surface area (Å²) in [6.07, 6.45) is 9.82. The van der Waals surface area contributed by atoms with Crippen molar-refractivity contribution in [2.75, 3.05) is 33.0 Å². The maximum Gasteiger partial charge on any atom is 0.500 e. The van der Waals surface area contributed by atoms with Crippen LogP contribution < -0.4 is 0 Å². The van der Waals surface area contributed by atoms with Crippen LogP contribution in [0.25, 0.3) is 0 Å². The summed E-state index contributed by atoms with van der Waals surface area (Å²) in [5, 5.41) is 0. The van der Waals surface area contributed by atoms with Crippen LogP contribution in [0.1, 0.15) is 79.1 Å². The van der Waals surface area contributed by atoms with Crippen LogP contribution >= 0.6 is 0 Å². The molecule has 0 aliphatic carbocycles. The number of unbranched alkanes of at least 4 members (excludes halogenated alkanes) is 6. The van der Waals surface area contributed by atoms with Gasteiger partial charge in [-0.2, -0.15) is 0 Å². The van der Waals surface area contributed by atoms with E-state index in [0.29, 0.717) is 19.8 Å². The van der Waals surface area contributed by atoms with Gasteiger partial charge in [-0.05, 0) is 40.0 Å². The molecule has 0 aliphatic rings. The van der Waals surface area contributed by atoms with E-state index in [9.17, 15) is 0 Å². The van der Waals surface area contributed by atoms with Gasteiger partial charge in [0.1, 0.15) is 0 Å². The van der Waals surface area contributed by atoms with E-state index in [1.54, 1.807) is 0 Å². The fourth-order valence-electron chi connectivity index (χ4n) is 2.60. The fraction of sp³-hybridized carbons (Fsp3) is 1.00. The standard InChI is InChI=1S/C18H40O4Si/c1-5-9-16-19-17-14-12-10-11-13-15-18-23(20-6-2,21-7-3)22-8-4/h5-18H2,1-4H3. The zero-order valence-corrected chi connectivity index (χ0v) is 17.0. The summed E-state index contributed by atoms with van der Waals surface area (Å²) < 4.78 is 23.2. The van der Waals surface area contributed by atoms with Crippen molar-refractivity contribution in [3.05, 3.63) is 0 Å². The molecule has 0 N–H and O–H groups in total. The summed E-state index contributed by atoms with van der Waals surface area (Å²) in [5.41, 5.74) is 0. The molecule has 0 aromatic carbocycles. The number of hydrogen-bond donors (Lipinski definition) is 0. The van der Waals surface area contributed by atoms with Gasteiger partial charge in [-0.15, -0.1) is 0 Å². The van der Waals surface area contributed by atoms with Crippen molar-refractivity contribution in [2.24, 2.45) is 0 Å². The Bertz CT molecular complexity index is 222. The molecule has 140 valence electrons. The normalized spacial score (nSPS) is 12.0. The van der Waals surface area contributed by atoms with Crippen LogP contribution in [0, 0.1) is 0 Å². The molecule has 4 nitrogen and oxygen atoms in total. The minimum Gasteiger partial charge on any atom is -0.381 e. The molecule has 0 saturated heterocycles. The molecule has 0 aromatic heterocycles. The van der Waals surface area contributed by atoms with Crippen LogP contribution in [0.5, 0.6) is 0 Å². The molecular weight excluding hydrogens is 308 g/mol. The van der Waals surface area contributed by atoms with Gasteiger partial charge in [0, 0.05) is 39.1 Å². The molecule has 0 saturated carbocycles. The Kier molecular flexibility index (Phi) is 16.9. The Morgan fingerprint density at radius 3 is 1.57 bits per heavy atom. The van der Waals surface area contributed by atoms with Crippen molar-refractivity contribution in [2.45, 2.75) is 85.1 Å². The predicted octanol–water partition coefficient (Wildman–Crippen LogP) is 5.19. The van der Waals surface area contributed by atoms with Crippen LogP contribution in [-0.2, 0) is 18.0 Å². The minimum atomic E-state index is -2.41. The van der Waals surface area contributed by atoms with E-state index in [0.717, 1.165) is 25.7 Å². The summed E-state index contributed by atoms with van der Waals surface area (Å²) in [7, 11) is -2.41. The van der Waals surface area contributed by atoms with Gasteiger partial charge in [0.25, 0.3) is 0 Å². The van der Waals surface area contributed by atoms with E-state index in [-0.39, 0.29) is 0 Å². The van der Waals surface area contributed by atoms with Gasteiger partial charge in [-0.3, -0.25) is 0 Å². The highest BCUT2D eigenvalue weighted by Crippen LogP contribution is 2.20.